The molecule has 0 saturated heterocycles. The van der Waals surface area contributed by atoms with Crippen LogP contribution >= 0.6 is 27.3 Å². The van der Waals surface area contributed by atoms with E-state index in [9.17, 15) is 4.79 Å². The summed E-state index contributed by atoms with van der Waals surface area (Å²) in [4.78, 5) is 17.2. The molecule has 1 heterocycles. The van der Waals surface area contributed by atoms with E-state index >= 15 is 0 Å². The number of nitrogens with zero attached hydrogens (tertiary/aromatic N) is 1. The van der Waals surface area contributed by atoms with E-state index in [2.05, 4.69) is 32.3 Å². The van der Waals surface area contributed by atoms with Gasteiger partial charge in [-0.05, 0) is 42.7 Å². The summed E-state index contributed by atoms with van der Waals surface area (Å²) < 4.78 is 2.19. The molecule has 0 bridgehead atoms. The van der Waals surface area contributed by atoms with Crippen molar-refractivity contribution >= 4 is 43.4 Å². The van der Waals surface area contributed by atoms with E-state index in [4.69, 9.17) is 0 Å². The lowest BCUT2D eigenvalue weighted by Crippen LogP contribution is -2.34. The molecule has 4 rings (SSSR count). The quantitative estimate of drug-likeness (QED) is 0.721. The topological polar surface area (TPSA) is 42.0 Å². The van der Waals surface area contributed by atoms with Crippen molar-refractivity contribution < 1.29 is 4.79 Å². The predicted octanol–water partition coefficient (Wildman–Crippen LogP) is 4.41. The number of carbonyl (C=O) groups is 1. The number of para-hydroxylation sites is 1. The fraction of sp³-hybridized carbons (Fsp3) is 0.222. The molecule has 5 heteroatoms. The molecule has 0 atom stereocenters. The number of aromatic nitrogens is 1. The van der Waals surface area contributed by atoms with Gasteiger partial charge in [-0.2, -0.15) is 0 Å². The zero-order valence-corrected chi connectivity index (χ0v) is 14.8. The first-order valence-corrected chi connectivity index (χ1v) is 9.17. The Bertz CT molecular complexity index is 835. The van der Waals surface area contributed by atoms with E-state index in [1.54, 1.807) is 11.3 Å². The number of rotatable bonds is 4. The van der Waals surface area contributed by atoms with E-state index in [1.165, 1.54) is 0 Å². The van der Waals surface area contributed by atoms with Gasteiger partial charge in [-0.1, -0.05) is 40.2 Å². The maximum Gasteiger partial charge on any atom is 0.231 e. The van der Waals surface area contributed by atoms with Crippen molar-refractivity contribution in [2.75, 3.05) is 0 Å². The number of benzene rings is 2. The lowest BCUT2D eigenvalue weighted by Gasteiger charge is -2.15. The molecule has 0 radical (unpaired) electrons. The molecule has 1 aliphatic rings. The van der Waals surface area contributed by atoms with Crippen LogP contribution in [0.25, 0.3) is 10.2 Å². The summed E-state index contributed by atoms with van der Waals surface area (Å²) in [6, 6.07) is 16.1. The third kappa shape index (κ3) is 2.79. The predicted molar refractivity (Wildman–Crippen MR) is 96.5 cm³/mol. The minimum atomic E-state index is -0.336. The van der Waals surface area contributed by atoms with Gasteiger partial charge in [0, 0.05) is 4.47 Å². The van der Waals surface area contributed by atoms with Crippen LogP contribution in [0.4, 0.5) is 0 Å². The van der Waals surface area contributed by atoms with Gasteiger partial charge in [-0.3, -0.25) is 4.79 Å². The van der Waals surface area contributed by atoms with Gasteiger partial charge in [-0.15, -0.1) is 11.3 Å². The SMILES string of the molecule is O=C(NCc1nc2ccccc2s1)C1(c2ccc(Br)cc2)CC1. The highest BCUT2D eigenvalue weighted by atomic mass is 79.9. The highest BCUT2D eigenvalue weighted by molar-refractivity contribution is 9.10. The van der Waals surface area contributed by atoms with Gasteiger partial charge in [0.1, 0.15) is 5.01 Å². The van der Waals surface area contributed by atoms with Crippen molar-refractivity contribution in [1.82, 2.24) is 10.3 Å². The number of fused-ring (bicyclic) bond motifs is 1. The first-order valence-electron chi connectivity index (χ1n) is 7.56. The monoisotopic (exact) mass is 386 g/mol. The number of carbonyl (C=O) groups excluding carboxylic acids is 1. The largest absolute Gasteiger partial charge is 0.349 e. The molecule has 1 N–H and O–H groups in total. The second-order valence-corrected chi connectivity index (χ2v) is 7.88. The van der Waals surface area contributed by atoms with Crippen molar-refractivity contribution in [1.29, 1.82) is 0 Å². The Balaban J connectivity index is 1.48. The van der Waals surface area contributed by atoms with Gasteiger partial charge in [-0.25, -0.2) is 4.98 Å². The van der Waals surface area contributed by atoms with Crippen molar-refractivity contribution in [2.45, 2.75) is 24.8 Å². The van der Waals surface area contributed by atoms with Gasteiger partial charge < -0.3 is 5.32 Å². The van der Waals surface area contributed by atoms with Gasteiger partial charge in [0.15, 0.2) is 0 Å². The van der Waals surface area contributed by atoms with Crippen molar-refractivity contribution in [3.05, 3.63) is 63.6 Å². The summed E-state index contributed by atoms with van der Waals surface area (Å²) in [5.41, 5.74) is 1.76. The molecular weight excluding hydrogens is 372 g/mol. The molecule has 23 heavy (non-hydrogen) atoms. The summed E-state index contributed by atoms with van der Waals surface area (Å²) in [6.07, 6.45) is 1.83. The van der Waals surface area contributed by atoms with Gasteiger partial charge in [0.05, 0.1) is 22.2 Å². The Kier molecular flexibility index (Phi) is 3.70. The smallest absolute Gasteiger partial charge is 0.231 e. The molecule has 0 unspecified atom stereocenters. The zero-order valence-electron chi connectivity index (χ0n) is 12.4. The van der Waals surface area contributed by atoms with Crippen LogP contribution in [0.2, 0.25) is 0 Å². The van der Waals surface area contributed by atoms with Crippen LogP contribution in [0.3, 0.4) is 0 Å². The van der Waals surface area contributed by atoms with Gasteiger partial charge in [0.2, 0.25) is 5.91 Å². The highest BCUT2D eigenvalue weighted by Gasteiger charge is 2.51. The minimum absolute atomic E-state index is 0.110. The molecule has 1 amide bonds. The van der Waals surface area contributed by atoms with Gasteiger partial charge >= 0.3 is 0 Å². The van der Waals surface area contributed by atoms with Crippen LogP contribution in [-0.4, -0.2) is 10.9 Å². The van der Waals surface area contributed by atoms with Crippen LogP contribution in [-0.2, 0) is 16.8 Å². The summed E-state index contributed by atoms with van der Waals surface area (Å²) in [5.74, 6) is 0.110. The van der Waals surface area contributed by atoms with Crippen LogP contribution in [0.1, 0.15) is 23.4 Å². The van der Waals surface area contributed by atoms with Crippen LogP contribution in [0.5, 0.6) is 0 Å². The third-order valence-electron chi connectivity index (χ3n) is 4.32. The van der Waals surface area contributed by atoms with Crippen molar-refractivity contribution in [3.63, 3.8) is 0 Å². The van der Waals surface area contributed by atoms with Crippen molar-refractivity contribution in [2.24, 2.45) is 0 Å². The summed E-state index contributed by atoms with van der Waals surface area (Å²) >= 11 is 5.08. The molecule has 2 aromatic carbocycles. The average Bonchev–Trinajstić information content (AvgIpc) is 3.27. The van der Waals surface area contributed by atoms with E-state index in [0.29, 0.717) is 6.54 Å². The van der Waals surface area contributed by atoms with E-state index < -0.39 is 0 Å². The first-order chi connectivity index (χ1) is 11.2. The van der Waals surface area contributed by atoms with E-state index in [-0.39, 0.29) is 11.3 Å². The average molecular weight is 387 g/mol. The number of thiazole rings is 1. The van der Waals surface area contributed by atoms with Gasteiger partial charge in [0.25, 0.3) is 0 Å². The maximum absolute atomic E-state index is 12.7. The third-order valence-corrected chi connectivity index (χ3v) is 5.88. The summed E-state index contributed by atoms with van der Waals surface area (Å²) in [6.45, 7) is 0.496. The highest BCUT2D eigenvalue weighted by Crippen LogP contribution is 2.48. The van der Waals surface area contributed by atoms with E-state index in [0.717, 1.165) is 38.1 Å². The Hall–Kier alpha value is -1.72. The number of amides is 1. The molecule has 0 spiro atoms. The molecule has 116 valence electrons. The first kappa shape index (κ1) is 14.8. The molecule has 3 nitrogen and oxygen atoms in total. The second-order valence-electron chi connectivity index (χ2n) is 5.85. The minimum Gasteiger partial charge on any atom is -0.349 e. The van der Waals surface area contributed by atoms with Crippen molar-refractivity contribution in [3.8, 4) is 0 Å². The number of hydrogen-bond donors (Lipinski definition) is 1. The van der Waals surface area contributed by atoms with Crippen LogP contribution in [0, 0.1) is 0 Å². The fourth-order valence-electron chi connectivity index (χ4n) is 2.86. The lowest BCUT2D eigenvalue weighted by molar-refractivity contribution is -0.123. The Morgan fingerprint density at radius 2 is 1.91 bits per heavy atom. The summed E-state index contributed by atoms with van der Waals surface area (Å²) in [7, 11) is 0. The number of hydrogen-bond acceptors (Lipinski definition) is 3. The Morgan fingerprint density at radius 1 is 1.17 bits per heavy atom. The van der Waals surface area contributed by atoms with Crippen LogP contribution in [0.15, 0.2) is 53.0 Å². The Morgan fingerprint density at radius 3 is 2.61 bits per heavy atom. The normalized spacial score (nSPS) is 15.5. The second kappa shape index (κ2) is 5.73. The maximum atomic E-state index is 12.7. The molecule has 3 aromatic rings. The summed E-state index contributed by atoms with van der Waals surface area (Å²) in [5, 5.41) is 4.02. The van der Waals surface area contributed by atoms with E-state index in [1.807, 2.05) is 42.5 Å². The Labute approximate surface area is 146 Å². The molecule has 1 saturated carbocycles. The molecule has 0 aliphatic heterocycles. The molecule has 1 aromatic heterocycles. The molecule has 1 aliphatic carbocycles. The number of halogens is 1. The number of nitrogens with one attached hydrogen (secondary N) is 1. The molecule has 1 fully saturated rings. The zero-order chi connectivity index (χ0) is 15.9. The fourth-order valence-corrected chi connectivity index (χ4v) is 4.03. The van der Waals surface area contributed by atoms with Crippen LogP contribution < -0.4 is 5.32 Å². The lowest BCUT2D eigenvalue weighted by atomic mass is 9.95. The molecular formula is C18H15BrN2OS. The standard InChI is InChI=1S/C18H15BrN2OS/c19-13-7-5-12(6-8-13)18(9-10-18)17(22)20-11-16-21-14-3-1-2-4-15(14)23-16/h1-8H,9-11H2,(H,20,22).